The first kappa shape index (κ1) is 19.5. The lowest BCUT2D eigenvalue weighted by Gasteiger charge is -2.59. The Hall–Kier alpha value is -0.870. The van der Waals surface area contributed by atoms with Crippen LogP contribution in [0.1, 0.15) is 65.7 Å². The van der Waals surface area contributed by atoms with Crippen molar-refractivity contribution < 1.29 is 20.1 Å². The van der Waals surface area contributed by atoms with Gasteiger partial charge in [0.05, 0.1) is 13.2 Å². The molecule has 0 unspecified atom stereocenters. The van der Waals surface area contributed by atoms with Gasteiger partial charge >= 0.3 is 5.97 Å². The second-order valence-corrected chi connectivity index (χ2v) is 8.52. The van der Waals surface area contributed by atoms with Crippen molar-refractivity contribution in [2.45, 2.75) is 65.7 Å². The number of carboxylic acid groups (broad SMARTS) is 1. The van der Waals surface area contributed by atoms with Gasteiger partial charge in [-0.2, -0.15) is 0 Å². The summed E-state index contributed by atoms with van der Waals surface area (Å²) in [4.78, 5) is 10.9. The van der Waals surface area contributed by atoms with Gasteiger partial charge < -0.3 is 15.3 Å². The molecule has 1 fully saturated rings. The summed E-state index contributed by atoms with van der Waals surface area (Å²) in [5, 5.41) is 29.1. The quantitative estimate of drug-likeness (QED) is 0.620. The van der Waals surface area contributed by atoms with Crippen LogP contribution < -0.4 is 0 Å². The SMILES string of the molecule is C[C@@H](CC[C@@]1(C)[C@@H](C)CC[C@]2(CO)C(CO)=CCC[C@@H]21)CC(=O)O. The molecule has 0 aromatic carbocycles. The van der Waals surface area contributed by atoms with Crippen molar-refractivity contribution in [2.24, 2.45) is 28.6 Å². The van der Waals surface area contributed by atoms with Crippen molar-refractivity contribution >= 4 is 5.97 Å². The molecule has 2 aliphatic rings. The maximum absolute atomic E-state index is 10.9. The number of carboxylic acids is 1. The highest BCUT2D eigenvalue weighted by molar-refractivity contribution is 5.66. The summed E-state index contributed by atoms with van der Waals surface area (Å²) < 4.78 is 0. The third-order valence-electron chi connectivity index (χ3n) is 7.25. The predicted molar refractivity (Wildman–Crippen MR) is 94.6 cm³/mol. The zero-order chi connectivity index (χ0) is 18.0. The molecule has 0 spiro atoms. The van der Waals surface area contributed by atoms with Gasteiger partial charge in [-0.15, -0.1) is 0 Å². The summed E-state index contributed by atoms with van der Waals surface area (Å²) in [5.41, 5.74) is 0.838. The Kier molecular flexibility index (Phi) is 6.14. The second-order valence-electron chi connectivity index (χ2n) is 8.52. The molecule has 0 aliphatic heterocycles. The van der Waals surface area contributed by atoms with Crippen LogP contribution in [0.2, 0.25) is 0 Å². The summed E-state index contributed by atoms with van der Waals surface area (Å²) in [7, 11) is 0. The van der Waals surface area contributed by atoms with Gasteiger partial charge in [0, 0.05) is 11.8 Å². The van der Waals surface area contributed by atoms with Gasteiger partial charge in [-0.05, 0) is 67.3 Å². The highest BCUT2D eigenvalue weighted by Gasteiger charge is 2.55. The Bertz CT molecular complexity index is 486. The average molecular weight is 338 g/mol. The van der Waals surface area contributed by atoms with Gasteiger partial charge in [0.25, 0.3) is 0 Å². The van der Waals surface area contributed by atoms with Crippen LogP contribution >= 0.6 is 0 Å². The van der Waals surface area contributed by atoms with Crippen molar-refractivity contribution in [2.75, 3.05) is 13.2 Å². The van der Waals surface area contributed by atoms with E-state index in [4.69, 9.17) is 5.11 Å². The number of hydrogen-bond donors (Lipinski definition) is 3. The topological polar surface area (TPSA) is 77.8 Å². The number of aliphatic carboxylic acids is 1. The molecule has 0 bridgehead atoms. The first-order valence-corrected chi connectivity index (χ1v) is 9.43. The second kappa shape index (κ2) is 7.57. The Balaban J connectivity index is 2.23. The third-order valence-corrected chi connectivity index (χ3v) is 7.25. The van der Waals surface area contributed by atoms with Crippen LogP contribution in [-0.2, 0) is 4.79 Å². The smallest absolute Gasteiger partial charge is 0.303 e. The van der Waals surface area contributed by atoms with Crippen LogP contribution in [0.15, 0.2) is 11.6 Å². The minimum Gasteiger partial charge on any atom is -0.481 e. The average Bonchev–Trinajstić information content (AvgIpc) is 2.55. The Labute approximate surface area is 146 Å². The number of allylic oxidation sites excluding steroid dienone is 1. The summed E-state index contributed by atoms with van der Waals surface area (Å²) in [6, 6.07) is 0. The van der Waals surface area contributed by atoms with Gasteiger partial charge in [-0.3, -0.25) is 4.79 Å². The lowest BCUT2D eigenvalue weighted by atomic mass is 9.46. The monoisotopic (exact) mass is 338 g/mol. The minimum absolute atomic E-state index is 0.0386. The van der Waals surface area contributed by atoms with E-state index in [-0.39, 0.29) is 36.4 Å². The number of aliphatic hydroxyl groups is 2. The largest absolute Gasteiger partial charge is 0.481 e. The fourth-order valence-corrected chi connectivity index (χ4v) is 5.46. The van der Waals surface area contributed by atoms with E-state index in [0.717, 1.165) is 44.1 Å². The van der Waals surface area contributed by atoms with E-state index in [1.807, 2.05) is 6.92 Å². The van der Waals surface area contributed by atoms with Crippen LogP contribution in [-0.4, -0.2) is 34.5 Å². The van der Waals surface area contributed by atoms with Gasteiger partial charge in [0.15, 0.2) is 0 Å². The van der Waals surface area contributed by atoms with Crippen LogP contribution in [0, 0.1) is 28.6 Å². The molecule has 0 heterocycles. The highest BCUT2D eigenvalue weighted by atomic mass is 16.4. The lowest BCUT2D eigenvalue weighted by Crippen LogP contribution is -2.53. The van der Waals surface area contributed by atoms with E-state index >= 15 is 0 Å². The van der Waals surface area contributed by atoms with E-state index < -0.39 is 5.97 Å². The molecule has 0 saturated heterocycles. The maximum Gasteiger partial charge on any atom is 0.303 e. The molecule has 3 N–H and O–H groups in total. The minimum atomic E-state index is -0.725. The lowest BCUT2D eigenvalue weighted by molar-refractivity contribution is -0.138. The molecule has 4 nitrogen and oxygen atoms in total. The molecule has 1 saturated carbocycles. The van der Waals surface area contributed by atoms with Gasteiger partial charge in [0.2, 0.25) is 0 Å². The first-order chi connectivity index (χ1) is 11.3. The van der Waals surface area contributed by atoms with Crippen molar-refractivity contribution in [3.63, 3.8) is 0 Å². The zero-order valence-corrected chi connectivity index (χ0v) is 15.4. The number of aliphatic hydroxyl groups excluding tert-OH is 2. The summed E-state index contributed by atoms with van der Waals surface area (Å²) in [6.07, 6.45) is 8.28. The van der Waals surface area contributed by atoms with E-state index in [0.29, 0.717) is 11.8 Å². The van der Waals surface area contributed by atoms with Crippen LogP contribution in [0.4, 0.5) is 0 Å². The van der Waals surface area contributed by atoms with Gasteiger partial charge in [-0.1, -0.05) is 26.8 Å². The summed E-state index contributed by atoms with van der Waals surface area (Å²) in [5.74, 6) is 0.366. The van der Waals surface area contributed by atoms with Crippen LogP contribution in [0.25, 0.3) is 0 Å². The normalized spacial score (nSPS) is 37.5. The number of hydrogen-bond acceptors (Lipinski definition) is 3. The fourth-order valence-electron chi connectivity index (χ4n) is 5.46. The third kappa shape index (κ3) is 3.41. The van der Waals surface area contributed by atoms with Crippen LogP contribution in [0.3, 0.4) is 0 Å². The molecule has 24 heavy (non-hydrogen) atoms. The molecule has 2 aliphatic carbocycles. The molecule has 0 amide bonds. The Morgan fingerprint density at radius 2 is 2.08 bits per heavy atom. The summed E-state index contributed by atoms with van der Waals surface area (Å²) >= 11 is 0. The molecular weight excluding hydrogens is 304 g/mol. The van der Waals surface area contributed by atoms with Gasteiger partial charge in [-0.25, -0.2) is 0 Å². The Morgan fingerprint density at radius 1 is 1.38 bits per heavy atom. The standard InChI is InChI=1S/C20H34O4/c1-14(11-18(23)24)7-9-19(3)15(2)8-10-20(13-22)16(12-21)5-4-6-17(19)20/h5,14-15,17,21-22H,4,6-13H2,1-3H3,(H,23,24)/t14-,15-,17+,19-,20-/m0/s1. The predicted octanol–water partition coefficient (Wildman–Crippen LogP) is 3.62. The summed E-state index contributed by atoms with van der Waals surface area (Å²) in [6.45, 7) is 6.80. The Morgan fingerprint density at radius 3 is 2.67 bits per heavy atom. The molecule has 0 aromatic rings. The first-order valence-electron chi connectivity index (χ1n) is 9.43. The molecule has 2 rings (SSSR count). The number of carbonyl (C=O) groups is 1. The molecule has 5 atom stereocenters. The molecule has 0 radical (unpaired) electrons. The van der Waals surface area contributed by atoms with Gasteiger partial charge in [0.1, 0.15) is 0 Å². The molecule has 4 heteroatoms. The van der Waals surface area contributed by atoms with E-state index in [1.54, 1.807) is 0 Å². The molecular formula is C20H34O4. The fraction of sp³-hybridized carbons (Fsp3) is 0.850. The maximum atomic E-state index is 10.9. The van der Waals surface area contributed by atoms with Crippen molar-refractivity contribution in [1.82, 2.24) is 0 Å². The van der Waals surface area contributed by atoms with Crippen molar-refractivity contribution in [1.29, 1.82) is 0 Å². The van der Waals surface area contributed by atoms with E-state index in [9.17, 15) is 15.0 Å². The zero-order valence-electron chi connectivity index (χ0n) is 15.4. The molecule has 0 aromatic heterocycles. The van der Waals surface area contributed by atoms with Crippen molar-refractivity contribution in [3.8, 4) is 0 Å². The highest BCUT2D eigenvalue weighted by Crippen LogP contribution is 2.61. The number of fused-ring (bicyclic) bond motifs is 1. The molecule has 138 valence electrons. The van der Waals surface area contributed by atoms with E-state index in [1.165, 1.54) is 0 Å². The number of rotatable bonds is 7. The van der Waals surface area contributed by atoms with E-state index in [2.05, 4.69) is 19.9 Å². The van der Waals surface area contributed by atoms with Crippen LogP contribution in [0.5, 0.6) is 0 Å². The van der Waals surface area contributed by atoms with Crippen molar-refractivity contribution in [3.05, 3.63) is 11.6 Å².